The molecule has 5 rings (SSSR count). The van der Waals surface area contributed by atoms with Crippen LogP contribution in [0, 0.1) is 17.3 Å². The van der Waals surface area contributed by atoms with E-state index in [4.69, 9.17) is 9.15 Å². The lowest BCUT2D eigenvalue weighted by atomic mass is 9.90. The highest BCUT2D eigenvalue weighted by Gasteiger charge is 2.55. The number of furan rings is 1. The summed E-state index contributed by atoms with van der Waals surface area (Å²) in [4.78, 5) is 27.1. The number of nitrogens with zero attached hydrogens (tertiary/aromatic N) is 1. The standard InChI is InChI=1S/C22H29N3O4/c1-14-19-15(2-6-23-14)10-18(29-19)20(26)24-12-17-11-22(17)4-7-25(8-5-22)21(27)16-3-9-28-13-16/h2,6,10,14,16-17,23H,3-5,7-9,11-13H2,1H3,(H,24,26). The highest BCUT2D eigenvalue weighted by Crippen LogP contribution is 2.59. The molecule has 29 heavy (non-hydrogen) atoms. The minimum absolute atomic E-state index is 0.0604. The molecule has 156 valence electrons. The molecular weight excluding hydrogens is 370 g/mol. The van der Waals surface area contributed by atoms with Gasteiger partial charge in [0, 0.05) is 31.8 Å². The number of hydrogen-bond acceptors (Lipinski definition) is 5. The minimum Gasteiger partial charge on any atom is -0.453 e. The molecule has 0 radical (unpaired) electrons. The molecule has 3 aliphatic heterocycles. The maximum absolute atomic E-state index is 12.6. The van der Waals surface area contributed by atoms with Crippen molar-refractivity contribution in [3.05, 3.63) is 29.4 Å². The van der Waals surface area contributed by atoms with E-state index in [-0.39, 0.29) is 23.8 Å². The second kappa shape index (κ2) is 7.20. The zero-order valence-corrected chi connectivity index (χ0v) is 16.9. The largest absolute Gasteiger partial charge is 0.453 e. The van der Waals surface area contributed by atoms with Crippen LogP contribution in [0.25, 0.3) is 6.08 Å². The third-order valence-corrected chi connectivity index (χ3v) is 7.23. The lowest BCUT2D eigenvalue weighted by Gasteiger charge is -2.34. The monoisotopic (exact) mass is 399 g/mol. The van der Waals surface area contributed by atoms with Crippen LogP contribution in [0.15, 0.2) is 16.7 Å². The van der Waals surface area contributed by atoms with Crippen molar-refractivity contribution in [1.82, 2.24) is 15.5 Å². The summed E-state index contributed by atoms with van der Waals surface area (Å²) in [5.41, 5.74) is 1.27. The zero-order valence-electron chi connectivity index (χ0n) is 16.9. The molecule has 3 fully saturated rings. The molecule has 4 aliphatic rings. The number of hydrogen-bond donors (Lipinski definition) is 2. The maximum Gasteiger partial charge on any atom is 0.287 e. The molecule has 7 nitrogen and oxygen atoms in total. The van der Waals surface area contributed by atoms with Crippen LogP contribution in [0.5, 0.6) is 0 Å². The third-order valence-electron chi connectivity index (χ3n) is 7.23. The van der Waals surface area contributed by atoms with Gasteiger partial charge in [-0.1, -0.05) is 0 Å². The van der Waals surface area contributed by atoms with Crippen LogP contribution < -0.4 is 10.6 Å². The van der Waals surface area contributed by atoms with E-state index in [2.05, 4.69) is 10.6 Å². The minimum atomic E-state index is -0.143. The van der Waals surface area contributed by atoms with E-state index in [1.54, 1.807) is 0 Å². The van der Waals surface area contributed by atoms with Gasteiger partial charge in [0.2, 0.25) is 5.91 Å². The van der Waals surface area contributed by atoms with Crippen molar-refractivity contribution in [2.75, 3.05) is 32.8 Å². The number of likely N-dealkylation sites (tertiary alicyclic amines) is 1. The number of ether oxygens (including phenoxy) is 1. The number of carbonyl (C=O) groups excluding carboxylic acids is 2. The van der Waals surface area contributed by atoms with Gasteiger partial charge in [-0.2, -0.15) is 0 Å². The Balaban J connectivity index is 1.11. The summed E-state index contributed by atoms with van der Waals surface area (Å²) in [6.07, 6.45) is 7.88. The predicted octanol–water partition coefficient (Wildman–Crippen LogP) is 2.31. The van der Waals surface area contributed by atoms with Gasteiger partial charge in [-0.3, -0.25) is 9.59 Å². The van der Waals surface area contributed by atoms with Crippen molar-refractivity contribution in [1.29, 1.82) is 0 Å². The molecule has 0 bridgehead atoms. The van der Waals surface area contributed by atoms with E-state index in [1.165, 1.54) is 0 Å². The predicted molar refractivity (Wildman–Crippen MR) is 107 cm³/mol. The SMILES string of the molecule is CC1NC=Cc2cc(C(=O)NCC3CC34CCN(C(=O)C3CCOC3)CC4)oc21. The van der Waals surface area contributed by atoms with E-state index in [9.17, 15) is 9.59 Å². The number of rotatable bonds is 4. The number of fused-ring (bicyclic) bond motifs is 1. The van der Waals surface area contributed by atoms with Crippen molar-refractivity contribution in [3.8, 4) is 0 Å². The molecule has 1 aromatic rings. The fourth-order valence-electron chi connectivity index (χ4n) is 5.15. The Morgan fingerprint density at radius 1 is 1.34 bits per heavy atom. The zero-order chi connectivity index (χ0) is 20.0. The normalized spacial score (nSPS) is 29.4. The highest BCUT2D eigenvalue weighted by molar-refractivity contribution is 5.92. The van der Waals surface area contributed by atoms with Crippen molar-refractivity contribution >= 4 is 17.9 Å². The molecule has 1 spiro atoms. The summed E-state index contributed by atoms with van der Waals surface area (Å²) in [5, 5.41) is 6.24. The van der Waals surface area contributed by atoms with Gasteiger partial charge in [0.15, 0.2) is 5.76 Å². The summed E-state index contributed by atoms with van der Waals surface area (Å²) in [6.45, 7) is 5.65. The number of piperidine rings is 1. The summed E-state index contributed by atoms with van der Waals surface area (Å²) in [6, 6.07) is 1.89. The molecule has 1 aromatic heterocycles. The molecule has 7 heteroatoms. The van der Waals surface area contributed by atoms with Crippen LogP contribution in [-0.2, 0) is 9.53 Å². The molecule has 2 saturated heterocycles. The van der Waals surface area contributed by atoms with Gasteiger partial charge in [0.1, 0.15) is 5.76 Å². The van der Waals surface area contributed by atoms with Gasteiger partial charge in [0.25, 0.3) is 5.91 Å². The van der Waals surface area contributed by atoms with Gasteiger partial charge in [-0.05, 0) is 62.3 Å². The first-order chi connectivity index (χ1) is 14.1. The Kier molecular flexibility index (Phi) is 4.65. The Morgan fingerprint density at radius 2 is 2.17 bits per heavy atom. The Hall–Kier alpha value is -2.28. The van der Waals surface area contributed by atoms with Crippen LogP contribution in [-0.4, -0.2) is 49.6 Å². The third kappa shape index (κ3) is 3.45. The van der Waals surface area contributed by atoms with Crippen molar-refractivity contribution in [2.24, 2.45) is 17.3 Å². The van der Waals surface area contributed by atoms with Gasteiger partial charge in [0.05, 0.1) is 18.6 Å². The average Bonchev–Trinajstić information content (AvgIpc) is 3.14. The lowest BCUT2D eigenvalue weighted by molar-refractivity contribution is -0.137. The molecule has 1 saturated carbocycles. The quantitative estimate of drug-likeness (QED) is 0.812. The number of nitrogens with one attached hydrogen (secondary N) is 2. The molecule has 3 atom stereocenters. The number of carbonyl (C=O) groups is 2. The fraction of sp³-hybridized carbons (Fsp3) is 0.636. The molecular formula is C22H29N3O4. The van der Waals surface area contributed by atoms with E-state index < -0.39 is 0 Å². The highest BCUT2D eigenvalue weighted by atomic mass is 16.5. The van der Waals surface area contributed by atoms with E-state index in [0.29, 0.717) is 36.9 Å². The van der Waals surface area contributed by atoms with E-state index in [0.717, 1.165) is 50.1 Å². The van der Waals surface area contributed by atoms with Crippen LogP contribution in [0.4, 0.5) is 0 Å². The molecule has 1 aliphatic carbocycles. The Morgan fingerprint density at radius 3 is 2.90 bits per heavy atom. The van der Waals surface area contributed by atoms with Gasteiger partial charge in [-0.25, -0.2) is 0 Å². The summed E-state index contributed by atoms with van der Waals surface area (Å²) >= 11 is 0. The molecule has 4 heterocycles. The van der Waals surface area contributed by atoms with Crippen LogP contribution in [0.1, 0.15) is 60.5 Å². The van der Waals surface area contributed by atoms with E-state index >= 15 is 0 Å². The molecule has 2 N–H and O–H groups in total. The topological polar surface area (TPSA) is 83.8 Å². The lowest BCUT2D eigenvalue weighted by Crippen LogP contribution is -2.43. The van der Waals surface area contributed by atoms with E-state index in [1.807, 2.05) is 30.2 Å². The number of amides is 2. The first kappa shape index (κ1) is 18.7. The second-order valence-corrected chi connectivity index (χ2v) is 9.01. The Bertz CT molecular complexity index is 831. The molecule has 3 unspecified atom stereocenters. The van der Waals surface area contributed by atoms with Gasteiger partial charge >= 0.3 is 0 Å². The second-order valence-electron chi connectivity index (χ2n) is 9.01. The van der Waals surface area contributed by atoms with Crippen molar-refractivity contribution in [3.63, 3.8) is 0 Å². The van der Waals surface area contributed by atoms with Crippen LogP contribution in [0.3, 0.4) is 0 Å². The fourth-order valence-corrected chi connectivity index (χ4v) is 5.15. The van der Waals surface area contributed by atoms with Crippen molar-refractivity contribution in [2.45, 2.75) is 38.6 Å². The first-order valence-corrected chi connectivity index (χ1v) is 10.8. The average molecular weight is 399 g/mol. The van der Waals surface area contributed by atoms with Gasteiger partial charge in [-0.15, -0.1) is 0 Å². The van der Waals surface area contributed by atoms with Crippen molar-refractivity contribution < 1.29 is 18.7 Å². The smallest absolute Gasteiger partial charge is 0.287 e. The molecule has 0 aromatic carbocycles. The molecule has 2 amide bonds. The van der Waals surface area contributed by atoms with Gasteiger partial charge < -0.3 is 24.7 Å². The first-order valence-electron chi connectivity index (χ1n) is 10.8. The summed E-state index contributed by atoms with van der Waals surface area (Å²) in [7, 11) is 0. The Labute approximate surface area is 170 Å². The maximum atomic E-state index is 12.6. The van der Waals surface area contributed by atoms with Crippen LogP contribution >= 0.6 is 0 Å². The van der Waals surface area contributed by atoms with Crippen LogP contribution in [0.2, 0.25) is 0 Å². The summed E-state index contributed by atoms with van der Waals surface area (Å²) in [5.74, 6) is 1.88. The summed E-state index contributed by atoms with van der Waals surface area (Å²) < 4.78 is 11.1.